The van der Waals surface area contributed by atoms with Crippen LogP contribution in [0, 0.1) is 0 Å². The van der Waals surface area contributed by atoms with Gasteiger partial charge in [0.1, 0.15) is 24.2 Å². The number of rotatable bonds is 11. The standard InChI is InChI=1S/C21H27NO5/c1-16(22-13-18(23)14-26-19-6-4-3-5-7-19)12-17-8-10-20(11-9-17)27-15-21(24)25-2/h3-11,16,18,22-23H,12-15H2,1-2H3/t16?,18-/m0/s1. The van der Waals surface area contributed by atoms with Crippen molar-refractivity contribution in [3.63, 3.8) is 0 Å². The molecule has 0 saturated carbocycles. The number of hydrogen-bond donors (Lipinski definition) is 2. The van der Waals surface area contributed by atoms with Crippen molar-refractivity contribution in [2.45, 2.75) is 25.5 Å². The molecule has 0 heterocycles. The fourth-order valence-electron chi connectivity index (χ4n) is 2.45. The number of nitrogens with one attached hydrogen (secondary N) is 1. The zero-order valence-electron chi connectivity index (χ0n) is 15.8. The van der Waals surface area contributed by atoms with Gasteiger partial charge in [0.2, 0.25) is 0 Å². The minimum Gasteiger partial charge on any atom is -0.491 e. The Kier molecular flexibility index (Phi) is 8.61. The smallest absolute Gasteiger partial charge is 0.343 e. The molecule has 0 radical (unpaired) electrons. The van der Waals surface area contributed by atoms with Crippen LogP contribution in [0.4, 0.5) is 0 Å². The summed E-state index contributed by atoms with van der Waals surface area (Å²) in [5.41, 5.74) is 1.13. The van der Waals surface area contributed by atoms with Crippen LogP contribution in [0.5, 0.6) is 11.5 Å². The van der Waals surface area contributed by atoms with Gasteiger partial charge in [-0.25, -0.2) is 4.79 Å². The van der Waals surface area contributed by atoms with E-state index in [1.165, 1.54) is 7.11 Å². The molecular formula is C21H27NO5. The van der Waals surface area contributed by atoms with Gasteiger partial charge in [0.05, 0.1) is 7.11 Å². The monoisotopic (exact) mass is 373 g/mol. The molecule has 146 valence electrons. The fraction of sp³-hybridized carbons (Fsp3) is 0.381. The Bertz CT molecular complexity index is 675. The van der Waals surface area contributed by atoms with Crippen molar-refractivity contribution in [2.75, 3.05) is 26.9 Å². The molecule has 0 amide bonds. The molecule has 0 aliphatic heterocycles. The molecule has 2 aromatic rings. The Morgan fingerprint density at radius 3 is 2.37 bits per heavy atom. The summed E-state index contributed by atoms with van der Waals surface area (Å²) in [6.45, 7) is 2.66. The summed E-state index contributed by atoms with van der Waals surface area (Å²) in [6, 6.07) is 17.2. The van der Waals surface area contributed by atoms with Crippen LogP contribution < -0.4 is 14.8 Å². The van der Waals surface area contributed by atoms with E-state index in [-0.39, 0.29) is 19.3 Å². The van der Waals surface area contributed by atoms with E-state index in [0.717, 1.165) is 17.7 Å². The second-order valence-electron chi connectivity index (χ2n) is 6.30. The predicted molar refractivity (Wildman–Crippen MR) is 103 cm³/mol. The van der Waals surface area contributed by atoms with Crippen molar-refractivity contribution < 1.29 is 24.1 Å². The summed E-state index contributed by atoms with van der Waals surface area (Å²) < 4.78 is 15.4. The predicted octanol–water partition coefficient (Wildman–Crippen LogP) is 2.20. The van der Waals surface area contributed by atoms with Crippen LogP contribution in [0.25, 0.3) is 0 Å². The van der Waals surface area contributed by atoms with Crippen LogP contribution in [0.1, 0.15) is 12.5 Å². The molecule has 0 saturated heterocycles. The van der Waals surface area contributed by atoms with Crippen LogP contribution in [0.15, 0.2) is 54.6 Å². The third-order valence-electron chi connectivity index (χ3n) is 3.94. The Balaban J connectivity index is 1.67. The number of hydrogen-bond acceptors (Lipinski definition) is 6. The average molecular weight is 373 g/mol. The van der Waals surface area contributed by atoms with Crippen LogP contribution in [-0.4, -0.2) is 50.1 Å². The number of para-hydroxylation sites is 1. The first kappa shape index (κ1) is 20.7. The highest BCUT2D eigenvalue weighted by Gasteiger charge is 2.09. The lowest BCUT2D eigenvalue weighted by atomic mass is 10.1. The number of carbonyl (C=O) groups is 1. The van der Waals surface area contributed by atoms with E-state index >= 15 is 0 Å². The molecule has 2 rings (SSSR count). The van der Waals surface area contributed by atoms with Crippen molar-refractivity contribution in [1.29, 1.82) is 0 Å². The summed E-state index contributed by atoms with van der Waals surface area (Å²) in [7, 11) is 1.33. The molecule has 27 heavy (non-hydrogen) atoms. The number of methoxy groups -OCH3 is 1. The first-order chi connectivity index (χ1) is 13.1. The quantitative estimate of drug-likeness (QED) is 0.588. The summed E-state index contributed by atoms with van der Waals surface area (Å²) in [5, 5.41) is 13.4. The minimum atomic E-state index is -0.582. The third kappa shape index (κ3) is 8.11. The van der Waals surface area contributed by atoms with Gasteiger partial charge in [-0.1, -0.05) is 30.3 Å². The zero-order valence-corrected chi connectivity index (χ0v) is 15.8. The van der Waals surface area contributed by atoms with E-state index in [0.29, 0.717) is 12.3 Å². The first-order valence-corrected chi connectivity index (χ1v) is 8.94. The highest BCUT2D eigenvalue weighted by molar-refractivity contribution is 5.70. The Morgan fingerprint density at radius 1 is 1.04 bits per heavy atom. The lowest BCUT2D eigenvalue weighted by Crippen LogP contribution is -2.37. The van der Waals surface area contributed by atoms with Crippen molar-refractivity contribution in [1.82, 2.24) is 5.32 Å². The van der Waals surface area contributed by atoms with E-state index in [9.17, 15) is 9.90 Å². The third-order valence-corrected chi connectivity index (χ3v) is 3.94. The number of benzene rings is 2. The molecule has 1 unspecified atom stereocenters. The molecule has 0 aliphatic rings. The molecule has 2 atom stereocenters. The Hall–Kier alpha value is -2.57. The maximum absolute atomic E-state index is 11.1. The van der Waals surface area contributed by atoms with E-state index in [2.05, 4.69) is 17.0 Å². The van der Waals surface area contributed by atoms with E-state index in [4.69, 9.17) is 9.47 Å². The molecule has 0 aliphatic carbocycles. The molecule has 6 heteroatoms. The summed E-state index contributed by atoms with van der Waals surface area (Å²) in [6.07, 6.45) is 0.227. The Morgan fingerprint density at radius 2 is 1.70 bits per heavy atom. The van der Waals surface area contributed by atoms with Crippen molar-refractivity contribution in [3.8, 4) is 11.5 Å². The normalized spacial score (nSPS) is 12.9. The minimum absolute atomic E-state index is 0.100. The van der Waals surface area contributed by atoms with Crippen LogP contribution >= 0.6 is 0 Å². The fourth-order valence-corrected chi connectivity index (χ4v) is 2.45. The maximum Gasteiger partial charge on any atom is 0.343 e. The largest absolute Gasteiger partial charge is 0.491 e. The zero-order chi connectivity index (χ0) is 19.5. The van der Waals surface area contributed by atoms with Gasteiger partial charge < -0.3 is 24.6 Å². The first-order valence-electron chi connectivity index (χ1n) is 8.94. The number of carbonyl (C=O) groups excluding carboxylic acids is 1. The van der Waals surface area contributed by atoms with Gasteiger partial charge in [-0.15, -0.1) is 0 Å². The van der Waals surface area contributed by atoms with Gasteiger partial charge in [0.15, 0.2) is 6.61 Å². The van der Waals surface area contributed by atoms with Gasteiger partial charge in [0.25, 0.3) is 0 Å². The highest BCUT2D eigenvalue weighted by atomic mass is 16.6. The van der Waals surface area contributed by atoms with Crippen LogP contribution in [0.2, 0.25) is 0 Å². The lowest BCUT2D eigenvalue weighted by Gasteiger charge is -2.18. The molecular weight excluding hydrogens is 346 g/mol. The molecule has 2 aromatic carbocycles. The summed E-state index contributed by atoms with van der Waals surface area (Å²) >= 11 is 0. The van der Waals surface area contributed by atoms with Crippen molar-refractivity contribution in [2.24, 2.45) is 0 Å². The molecule has 0 fully saturated rings. The SMILES string of the molecule is COC(=O)COc1ccc(CC(C)NC[C@H](O)COc2ccccc2)cc1. The number of esters is 1. The molecule has 0 bridgehead atoms. The molecule has 6 nitrogen and oxygen atoms in total. The average Bonchev–Trinajstić information content (AvgIpc) is 2.70. The van der Waals surface area contributed by atoms with Gasteiger partial charge in [-0.05, 0) is 43.2 Å². The van der Waals surface area contributed by atoms with Gasteiger partial charge in [0, 0.05) is 12.6 Å². The molecule has 0 spiro atoms. The summed E-state index contributed by atoms with van der Waals surface area (Å²) in [5.74, 6) is 0.962. The van der Waals surface area contributed by atoms with Crippen LogP contribution in [0.3, 0.4) is 0 Å². The number of aliphatic hydroxyl groups is 1. The lowest BCUT2D eigenvalue weighted by molar-refractivity contribution is -0.142. The van der Waals surface area contributed by atoms with Gasteiger partial charge in [-0.2, -0.15) is 0 Å². The molecule has 2 N–H and O–H groups in total. The van der Waals surface area contributed by atoms with Crippen LogP contribution in [-0.2, 0) is 16.0 Å². The van der Waals surface area contributed by atoms with E-state index in [1.54, 1.807) is 0 Å². The van der Waals surface area contributed by atoms with E-state index in [1.807, 2.05) is 54.6 Å². The number of ether oxygens (including phenoxy) is 3. The highest BCUT2D eigenvalue weighted by Crippen LogP contribution is 2.13. The Labute approximate surface area is 160 Å². The second-order valence-corrected chi connectivity index (χ2v) is 6.30. The topological polar surface area (TPSA) is 77.0 Å². The number of aliphatic hydroxyl groups excluding tert-OH is 1. The van der Waals surface area contributed by atoms with Gasteiger partial charge in [-0.3, -0.25) is 0 Å². The summed E-state index contributed by atoms with van der Waals surface area (Å²) in [4.78, 5) is 11.1. The second kappa shape index (κ2) is 11.2. The molecule has 0 aromatic heterocycles. The van der Waals surface area contributed by atoms with Crippen molar-refractivity contribution in [3.05, 3.63) is 60.2 Å². The van der Waals surface area contributed by atoms with Gasteiger partial charge >= 0.3 is 5.97 Å². The van der Waals surface area contributed by atoms with Crippen molar-refractivity contribution >= 4 is 5.97 Å². The maximum atomic E-state index is 11.1. The van der Waals surface area contributed by atoms with E-state index < -0.39 is 12.1 Å².